The minimum Gasteiger partial charge on any atom is -0.467 e. The number of allylic oxidation sites excluding steroid dienone is 1. The number of rotatable bonds is 5. The summed E-state index contributed by atoms with van der Waals surface area (Å²) in [6, 6.07) is 18.5. The van der Waals surface area contributed by atoms with Gasteiger partial charge in [-0.15, -0.1) is 0 Å². The molecular formula is C28H28ClN3O3. The number of para-hydroxylation sites is 2. The van der Waals surface area contributed by atoms with Crippen molar-refractivity contribution in [2.45, 2.75) is 39.3 Å². The molecule has 1 amide bonds. The van der Waals surface area contributed by atoms with Crippen LogP contribution in [0.1, 0.15) is 44.1 Å². The smallest absolute Gasteiger partial charge is 0.239 e. The lowest BCUT2D eigenvalue weighted by atomic mass is 9.73. The van der Waals surface area contributed by atoms with E-state index in [4.69, 9.17) is 16.0 Å². The molecule has 1 atom stereocenters. The molecule has 5 rings (SSSR count). The SMILES string of the molecule is CC1(C)CC(=O)C2=C(C1)Nc1ccccc1N(CC(=O)NCc1ccco1)C2c1ccccc1Cl. The van der Waals surface area contributed by atoms with E-state index in [9.17, 15) is 9.59 Å². The van der Waals surface area contributed by atoms with Gasteiger partial charge in [-0.05, 0) is 47.7 Å². The molecule has 6 nitrogen and oxygen atoms in total. The van der Waals surface area contributed by atoms with E-state index in [1.165, 1.54) is 0 Å². The van der Waals surface area contributed by atoms with Gasteiger partial charge >= 0.3 is 0 Å². The van der Waals surface area contributed by atoms with Crippen LogP contribution in [-0.2, 0) is 16.1 Å². The average Bonchev–Trinajstić information content (AvgIpc) is 3.29. The van der Waals surface area contributed by atoms with E-state index in [-0.39, 0.29) is 30.2 Å². The number of nitrogens with zero attached hydrogens (tertiary/aromatic N) is 1. The number of fused-ring (bicyclic) bond motifs is 1. The highest BCUT2D eigenvalue weighted by Crippen LogP contribution is 2.49. The van der Waals surface area contributed by atoms with Gasteiger partial charge in [-0.25, -0.2) is 0 Å². The van der Waals surface area contributed by atoms with E-state index in [0.717, 1.165) is 29.1 Å². The molecule has 2 heterocycles. The summed E-state index contributed by atoms with van der Waals surface area (Å²) in [7, 11) is 0. The Morgan fingerprint density at radius 3 is 2.66 bits per heavy atom. The predicted octanol–water partition coefficient (Wildman–Crippen LogP) is 5.87. The van der Waals surface area contributed by atoms with Crippen molar-refractivity contribution >= 4 is 34.7 Å². The number of carbonyl (C=O) groups is 2. The van der Waals surface area contributed by atoms with E-state index in [0.29, 0.717) is 22.8 Å². The van der Waals surface area contributed by atoms with Crippen molar-refractivity contribution in [2.75, 3.05) is 16.8 Å². The molecule has 180 valence electrons. The second kappa shape index (κ2) is 9.27. The Bertz CT molecular complexity index is 1300. The number of halogens is 1. The van der Waals surface area contributed by atoms with Crippen LogP contribution in [0.2, 0.25) is 5.02 Å². The lowest BCUT2D eigenvalue weighted by molar-refractivity contribution is -0.121. The van der Waals surface area contributed by atoms with Crippen molar-refractivity contribution in [1.29, 1.82) is 0 Å². The van der Waals surface area contributed by atoms with Gasteiger partial charge in [0, 0.05) is 22.7 Å². The van der Waals surface area contributed by atoms with Crippen molar-refractivity contribution < 1.29 is 14.0 Å². The number of hydrogen-bond acceptors (Lipinski definition) is 5. The summed E-state index contributed by atoms with van der Waals surface area (Å²) in [5, 5.41) is 7.05. The van der Waals surface area contributed by atoms with E-state index in [2.05, 4.69) is 24.5 Å². The number of carbonyl (C=O) groups excluding carboxylic acids is 2. The molecule has 1 aliphatic carbocycles. The number of hydrogen-bond donors (Lipinski definition) is 2. The zero-order valence-electron chi connectivity index (χ0n) is 19.8. The molecule has 7 heteroatoms. The zero-order chi connectivity index (χ0) is 24.6. The highest BCUT2D eigenvalue weighted by atomic mass is 35.5. The quantitative estimate of drug-likeness (QED) is 0.469. The summed E-state index contributed by atoms with van der Waals surface area (Å²) in [4.78, 5) is 28.8. The summed E-state index contributed by atoms with van der Waals surface area (Å²) >= 11 is 6.71. The van der Waals surface area contributed by atoms with Crippen molar-refractivity contribution in [2.24, 2.45) is 5.41 Å². The second-order valence-corrected chi connectivity index (χ2v) is 10.3. The minimum absolute atomic E-state index is 0.0444. The maximum Gasteiger partial charge on any atom is 0.239 e. The van der Waals surface area contributed by atoms with Crippen LogP contribution in [0.25, 0.3) is 0 Å². The highest BCUT2D eigenvalue weighted by molar-refractivity contribution is 6.31. The van der Waals surface area contributed by atoms with E-state index >= 15 is 0 Å². The summed E-state index contributed by atoms with van der Waals surface area (Å²) in [5.41, 5.74) is 3.89. The average molecular weight is 490 g/mol. The van der Waals surface area contributed by atoms with Crippen LogP contribution in [0, 0.1) is 5.41 Å². The topological polar surface area (TPSA) is 74.6 Å². The van der Waals surface area contributed by atoms with Crippen LogP contribution in [-0.4, -0.2) is 18.2 Å². The Morgan fingerprint density at radius 1 is 1.11 bits per heavy atom. The Labute approximate surface area is 210 Å². The Morgan fingerprint density at radius 2 is 1.89 bits per heavy atom. The fraction of sp³-hybridized carbons (Fsp3) is 0.286. The molecule has 0 spiro atoms. The van der Waals surface area contributed by atoms with Crippen LogP contribution in [0.3, 0.4) is 0 Å². The maximum atomic E-state index is 13.7. The van der Waals surface area contributed by atoms with Gasteiger partial charge in [0.1, 0.15) is 5.76 Å². The van der Waals surface area contributed by atoms with Gasteiger partial charge in [0.2, 0.25) is 5.91 Å². The molecule has 0 radical (unpaired) electrons. The largest absolute Gasteiger partial charge is 0.467 e. The second-order valence-electron chi connectivity index (χ2n) is 9.88. The van der Waals surface area contributed by atoms with Crippen molar-refractivity contribution in [1.82, 2.24) is 5.32 Å². The van der Waals surface area contributed by atoms with Crippen LogP contribution >= 0.6 is 11.6 Å². The number of furan rings is 1. The molecule has 0 saturated heterocycles. The van der Waals surface area contributed by atoms with Gasteiger partial charge in [-0.3, -0.25) is 9.59 Å². The van der Waals surface area contributed by atoms with E-state index in [1.807, 2.05) is 59.5 Å². The van der Waals surface area contributed by atoms with Crippen LogP contribution in [0.4, 0.5) is 11.4 Å². The number of Topliss-reactive ketones (excluding diaryl/α,β-unsaturated/α-hetero) is 1. The van der Waals surface area contributed by atoms with Gasteiger partial charge in [0.25, 0.3) is 0 Å². The predicted molar refractivity (Wildman–Crippen MR) is 137 cm³/mol. The number of anilines is 2. The summed E-state index contributed by atoms with van der Waals surface area (Å²) in [6.45, 7) is 4.55. The van der Waals surface area contributed by atoms with E-state index in [1.54, 1.807) is 12.3 Å². The zero-order valence-corrected chi connectivity index (χ0v) is 20.6. The minimum atomic E-state index is -0.507. The standard InChI is InChI=1S/C28H28ClN3O3/c1-28(2)14-22-26(24(33)15-28)27(19-9-3-4-10-20(19)29)32(23-12-6-5-11-21(23)31-22)17-25(34)30-16-18-8-7-13-35-18/h3-13,27,31H,14-17H2,1-2H3,(H,30,34). The molecule has 0 saturated carbocycles. The van der Waals surface area contributed by atoms with Crippen LogP contribution in [0.5, 0.6) is 0 Å². The fourth-order valence-electron chi connectivity index (χ4n) is 5.06. The van der Waals surface area contributed by atoms with E-state index < -0.39 is 6.04 Å². The fourth-order valence-corrected chi connectivity index (χ4v) is 5.30. The number of nitrogens with one attached hydrogen (secondary N) is 2. The van der Waals surface area contributed by atoms with Gasteiger partial charge in [0.15, 0.2) is 5.78 Å². The first-order valence-corrected chi connectivity index (χ1v) is 12.1. The maximum absolute atomic E-state index is 13.7. The number of benzene rings is 2. The number of ketones is 1. The Balaban J connectivity index is 1.62. The third kappa shape index (κ3) is 4.71. The summed E-state index contributed by atoms with van der Waals surface area (Å²) in [5.74, 6) is 0.567. The summed E-state index contributed by atoms with van der Waals surface area (Å²) < 4.78 is 5.35. The van der Waals surface area contributed by atoms with Crippen molar-refractivity contribution in [3.8, 4) is 0 Å². The third-order valence-corrected chi connectivity index (χ3v) is 6.90. The molecule has 0 fully saturated rings. The van der Waals surface area contributed by atoms with Gasteiger partial charge in [0.05, 0.1) is 36.8 Å². The normalized spacial score (nSPS) is 18.9. The molecule has 1 aliphatic heterocycles. The van der Waals surface area contributed by atoms with Crippen molar-refractivity contribution in [3.05, 3.63) is 94.5 Å². The molecule has 1 aromatic heterocycles. The molecule has 2 aliphatic rings. The first-order chi connectivity index (χ1) is 16.8. The molecule has 1 unspecified atom stereocenters. The van der Waals surface area contributed by atoms with Gasteiger partial charge < -0.3 is 20.0 Å². The highest BCUT2D eigenvalue weighted by Gasteiger charge is 2.42. The summed E-state index contributed by atoms with van der Waals surface area (Å²) in [6.07, 6.45) is 2.74. The molecule has 2 N–H and O–H groups in total. The third-order valence-electron chi connectivity index (χ3n) is 6.56. The molecule has 35 heavy (non-hydrogen) atoms. The molecule has 2 aromatic carbocycles. The van der Waals surface area contributed by atoms with Gasteiger partial charge in [-0.2, -0.15) is 0 Å². The first kappa shape index (κ1) is 23.2. The lowest BCUT2D eigenvalue weighted by Gasteiger charge is -2.38. The number of amides is 1. The van der Waals surface area contributed by atoms with Crippen LogP contribution < -0.4 is 15.5 Å². The first-order valence-electron chi connectivity index (χ1n) is 11.7. The molecule has 3 aromatic rings. The monoisotopic (exact) mass is 489 g/mol. The van der Waals surface area contributed by atoms with Crippen LogP contribution in [0.15, 0.2) is 82.6 Å². The molecular weight excluding hydrogens is 462 g/mol. The van der Waals surface area contributed by atoms with Gasteiger partial charge in [-0.1, -0.05) is 55.8 Å². The lowest BCUT2D eigenvalue weighted by Crippen LogP contribution is -2.42. The Kier molecular flexibility index (Phi) is 6.15. The van der Waals surface area contributed by atoms with Crippen molar-refractivity contribution in [3.63, 3.8) is 0 Å². The molecule has 0 bridgehead atoms. The Hall–Kier alpha value is -3.51.